The van der Waals surface area contributed by atoms with Crippen molar-refractivity contribution in [1.82, 2.24) is 0 Å². The highest BCUT2D eigenvalue weighted by Crippen LogP contribution is 2.51. The number of rotatable bonds is 2. The Morgan fingerprint density at radius 1 is 1.05 bits per heavy atom. The molecule has 2 aromatic rings. The van der Waals surface area contributed by atoms with E-state index in [1.165, 1.54) is 5.56 Å². The van der Waals surface area contributed by atoms with Crippen molar-refractivity contribution in [2.75, 3.05) is 7.11 Å². The van der Waals surface area contributed by atoms with E-state index in [1.807, 2.05) is 42.5 Å². The van der Waals surface area contributed by atoms with Gasteiger partial charge in [-0.15, -0.1) is 0 Å². The summed E-state index contributed by atoms with van der Waals surface area (Å²) in [6.45, 7) is 2.08. The van der Waals surface area contributed by atoms with E-state index in [0.29, 0.717) is 0 Å². The van der Waals surface area contributed by atoms with Crippen molar-refractivity contribution in [3.05, 3.63) is 65.2 Å². The molecule has 2 aliphatic rings. The molecule has 4 rings (SSSR count). The van der Waals surface area contributed by atoms with Crippen molar-refractivity contribution >= 4 is 0 Å². The monoisotopic (exact) mass is 284 g/mol. The molecule has 2 aliphatic heterocycles. The number of methoxy groups -OCH3 is 1. The Balaban J connectivity index is 1.88. The number of fused-ring (bicyclic) bond motifs is 4. The van der Waals surface area contributed by atoms with Gasteiger partial charge in [0.1, 0.15) is 5.75 Å². The third-order valence-corrected chi connectivity index (χ3v) is 4.23. The van der Waals surface area contributed by atoms with Gasteiger partial charge in [0, 0.05) is 17.0 Å². The van der Waals surface area contributed by atoms with Crippen LogP contribution in [0.3, 0.4) is 0 Å². The summed E-state index contributed by atoms with van der Waals surface area (Å²) in [5.74, 6) is -0.0572. The Hall–Kier alpha value is -1.88. The van der Waals surface area contributed by atoms with Crippen LogP contribution in [0.5, 0.6) is 5.75 Å². The summed E-state index contributed by atoms with van der Waals surface area (Å²) in [7, 11) is 1.65. The molecule has 0 aromatic heterocycles. The first kappa shape index (κ1) is 12.8. The highest BCUT2D eigenvalue weighted by Gasteiger charge is 2.54. The summed E-state index contributed by atoms with van der Waals surface area (Å²) in [6, 6.07) is 15.8. The minimum absolute atomic E-state index is 0.134. The quantitative estimate of drug-likeness (QED) is 0.793. The molecule has 2 heterocycles. The first-order valence-corrected chi connectivity index (χ1v) is 7.01. The molecular formula is C17H16O4. The number of hydrogen-bond donors (Lipinski definition) is 0. The summed E-state index contributed by atoms with van der Waals surface area (Å²) >= 11 is 0. The zero-order valence-electron chi connectivity index (χ0n) is 11.9. The van der Waals surface area contributed by atoms with Crippen molar-refractivity contribution in [2.24, 2.45) is 0 Å². The van der Waals surface area contributed by atoms with Gasteiger partial charge in [-0.1, -0.05) is 31.2 Å². The average Bonchev–Trinajstić information content (AvgIpc) is 2.96. The molecule has 4 heteroatoms. The zero-order valence-corrected chi connectivity index (χ0v) is 11.9. The van der Waals surface area contributed by atoms with E-state index in [9.17, 15) is 0 Å². The van der Waals surface area contributed by atoms with E-state index in [0.717, 1.165) is 16.9 Å². The second-order valence-corrected chi connectivity index (χ2v) is 5.39. The molecule has 0 radical (unpaired) electrons. The normalized spacial score (nSPS) is 30.0. The first-order valence-electron chi connectivity index (χ1n) is 7.01. The van der Waals surface area contributed by atoms with Crippen molar-refractivity contribution in [3.8, 4) is 5.75 Å². The van der Waals surface area contributed by atoms with E-state index < -0.39 is 5.79 Å². The lowest BCUT2D eigenvalue weighted by Crippen LogP contribution is -2.36. The Labute approximate surface area is 123 Å². The molecule has 0 saturated carbocycles. The van der Waals surface area contributed by atoms with Crippen molar-refractivity contribution in [1.29, 1.82) is 0 Å². The summed E-state index contributed by atoms with van der Waals surface area (Å²) in [4.78, 5) is 11.1. The second kappa shape index (κ2) is 4.56. The fourth-order valence-electron chi connectivity index (χ4n) is 3.03. The van der Waals surface area contributed by atoms with Gasteiger partial charge in [-0.05, 0) is 29.8 Å². The molecule has 4 nitrogen and oxygen atoms in total. The first-order chi connectivity index (χ1) is 10.2. The maximum absolute atomic E-state index is 6.10. The number of ether oxygens (including phenoxy) is 2. The summed E-state index contributed by atoms with van der Waals surface area (Å²) in [6.07, 6.45) is -0.387. The predicted octanol–water partition coefficient (Wildman–Crippen LogP) is 3.32. The lowest BCUT2D eigenvalue weighted by molar-refractivity contribution is -0.321. The maximum atomic E-state index is 6.10. The molecule has 0 spiro atoms. The number of benzene rings is 2. The Kier molecular flexibility index (Phi) is 2.79. The van der Waals surface area contributed by atoms with Gasteiger partial charge in [0.25, 0.3) is 5.79 Å². The van der Waals surface area contributed by atoms with Gasteiger partial charge in [0.05, 0.1) is 7.11 Å². The minimum atomic E-state index is -0.986. The van der Waals surface area contributed by atoms with Crippen LogP contribution in [0.25, 0.3) is 0 Å². The van der Waals surface area contributed by atoms with Gasteiger partial charge in [-0.2, -0.15) is 9.78 Å². The molecular weight excluding hydrogens is 268 g/mol. The smallest absolute Gasteiger partial charge is 0.256 e. The summed E-state index contributed by atoms with van der Waals surface area (Å²) in [5.41, 5.74) is 3.09. The SMILES string of the molecule is COc1ccc([C@]23OO[C@H](O2)C(C)c2ccccc23)cc1. The molecule has 0 amide bonds. The van der Waals surface area contributed by atoms with E-state index in [4.69, 9.17) is 19.2 Å². The van der Waals surface area contributed by atoms with E-state index in [2.05, 4.69) is 13.0 Å². The molecule has 3 atom stereocenters. The fourth-order valence-corrected chi connectivity index (χ4v) is 3.03. The molecule has 2 bridgehead atoms. The van der Waals surface area contributed by atoms with Crippen LogP contribution in [-0.4, -0.2) is 13.4 Å². The lowest BCUT2D eigenvalue weighted by Gasteiger charge is -2.34. The van der Waals surface area contributed by atoms with Crippen molar-refractivity contribution < 1.29 is 19.2 Å². The van der Waals surface area contributed by atoms with Crippen LogP contribution in [0.2, 0.25) is 0 Å². The second-order valence-electron chi connectivity index (χ2n) is 5.39. The van der Waals surface area contributed by atoms with Gasteiger partial charge in [0.2, 0.25) is 6.29 Å². The van der Waals surface area contributed by atoms with Gasteiger partial charge < -0.3 is 9.47 Å². The van der Waals surface area contributed by atoms with Crippen LogP contribution in [0, 0.1) is 0 Å². The third kappa shape index (κ3) is 1.73. The molecule has 108 valence electrons. The molecule has 0 aliphatic carbocycles. The van der Waals surface area contributed by atoms with E-state index >= 15 is 0 Å². The standard InChI is InChI=1S/C17H16O4/c1-11-14-5-3-4-6-15(14)17(19-16(11)20-21-17)12-7-9-13(18-2)10-8-12/h3-11,16H,1-2H3/t11?,16-,17+/m0/s1. The van der Waals surface area contributed by atoms with Gasteiger partial charge in [0.15, 0.2) is 0 Å². The van der Waals surface area contributed by atoms with Crippen LogP contribution in [0.4, 0.5) is 0 Å². The fraction of sp³-hybridized carbons (Fsp3) is 0.294. The Bertz CT molecular complexity index is 667. The topological polar surface area (TPSA) is 36.9 Å². The zero-order chi connectivity index (χ0) is 14.4. The molecule has 1 fully saturated rings. The van der Waals surface area contributed by atoms with Crippen LogP contribution >= 0.6 is 0 Å². The molecule has 0 N–H and O–H groups in total. The van der Waals surface area contributed by atoms with E-state index in [-0.39, 0.29) is 12.2 Å². The Morgan fingerprint density at radius 3 is 2.57 bits per heavy atom. The minimum Gasteiger partial charge on any atom is -0.497 e. The van der Waals surface area contributed by atoms with E-state index in [1.54, 1.807) is 7.11 Å². The third-order valence-electron chi connectivity index (χ3n) is 4.23. The van der Waals surface area contributed by atoms with Crippen molar-refractivity contribution in [2.45, 2.75) is 24.9 Å². The molecule has 1 saturated heterocycles. The predicted molar refractivity (Wildman–Crippen MR) is 75.7 cm³/mol. The number of hydrogen-bond acceptors (Lipinski definition) is 4. The van der Waals surface area contributed by atoms with Crippen molar-refractivity contribution in [3.63, 3.8) is 0 Å². The Morgan fingerprint density at radius 2 is 1.81 bits per heavy atom. The van der Waals surface area contributed by atoms with Gasteiger partial charge in [-0.3, -0.25) is 0 Å². The van der Waals surface area contributed by atoms with Crippen LogP contribution < -0.4 is 4.74 Å². The summed E-state index contributed by atoms with van der Waals surface area (Å²) in [5, 5.41) is 0. The highest BCUT2D eigenvalue weighted by molar-refractivity contribution is 5.44. The average molecular weight is 284 g/mol. The van der Waals surface area contributed by atoms with Gasteiger partial charge in [-0.25, -0.2) is 0 Å². The molecule has 2 aromatic carbocycles. The largest absolute Gasteiger partial charge is 0.497 e. The summed E-state index contributed by atoms with van der Waals surface area (Å²) < 4.78 is 11.3. The molecule has 21 heavy (non-hydrogen) atoms. The van der Waals surface area contributed by atoms with Gasteiger partial charge >= 0.3 is 0 Å². The molecule has 1 unspecified atom stereocenters. The van der Waals surface area contributed by atoms with Crippen LogP contribution in [0.15, 0.2) is 48.5 Å². The van der Waals surface area contributed by atoms with Crippen LogP contribution in [0.1, 0.15) is 29.5 Å². The highest BCUT2D eigenvalue weighted by atomic mass is 17.3. The lowest BCUT2D eigenvalue weighted by atomic mass is 9.85. The maximum Gasteiger partial charge on any atom is 0.256 e. The van der Waals surface area contributed by atoms with Crippen LogP contribution in [-0.2, 0) is 20.3 Å².